The first-order chi connectivity index (χ1) is 11.4. The lowest BCUT2D eigenvalue weighted by atomic mass is 10.0. The monoisotopic (exact) mass is 299 g/mol. The van der Waals surface area contributed by atoms with E-state index in [1.54, 1.807) is 0 Å². The summed E-state index contributed by atoms with van der Waals surface area (Å²) < 4.78 is 0. The molecular formula is C20H13NO2. The van der Waals surface area contributed by atoms with E-state index in [4.69, 9.17) is 9.68 Å². The summed E-state index contributed by atoms with van der Waals surface area (Å²) in [5.74, 6) is 1.53. The summed E-state index contributed by atoms with van der Waals surface area (Å²) in [4.78, 5) is 12.1. The number of hydrogen-bond donors (Lipinski definition) is 0. The molecule has 0 N–H and O–H groups in total. The van der Waals surface area contributed by atoms with Crippen molar-refractivity contribution >= 4 is 27.2 Å². The third-order valence-electron chi connectivity index (χ3n) is 4.16. The predicted octanol–water partition coefficient (Wildman–Crippen LogP) is 5.10. The summed E-state index contributed by atoms with van der Waals surface area (Å²) in [7, 11) is 0. The molecule has 0 aliphatic carbocycles. The van der Waals surface area contributed by atoms with Gasteiger partial charge in [0.15, 0.2) is 0 Å². The van der Waals surface area contributed by atoms with E-state index in [1.165, 1.54) is 16.0 Å². The van der Waals surface area contributed by atoms with Gasteiger partial charge in [0.1, 0.15) is 5.69 Å². The number of rotatable bonds is 1. The van der Waals surface area contributed by atoms with Crippen LogP contribution in [-0.2, 0) is 0 Å². The van der Waals surface area contributed by atoms with E-state index in [0.717, 1.165) is 28.0 Å². The van der Waals surface area contributed by atoms with E-state index in [0.29, 0.717) is 0 Å². The minimum atomic E-state index is 0.767. The Labute approximate surface area is 133 Å². The molecule has 0 saturated carbocycles. The molecule has 1 heterocycles. The number of nitrogens with zero attached hydrogens (tertiary/aromatic N) is 1. The van der Waals surface area contributed by atoms with Gasteiger partial charge in [-0.3, -0.25) is 0 Å². The molecule has 0 spiro atoms. The summed E-state index contributed by atoms with van der Waals surface area (Å²) in [6.45, 7) is 0. The van der Waals surface area contributed by atoms with Crippen LogP contribution in [0.15, 0.2) is 78.9 Å². The van der Waals surface area contributed by atoms with Crippen LogP contribution in [0.3, 0.4) is 0 Å². The van der Waals surface area contributed by atoms with E-state index < -0.39 is 0 Å². The molecule has 1 aliphatic heterocycles. The number of anilines is 1. The van der Waals surface area contributed by atoms with Crippen molar-refractivity contribution in [3.8, 4) is 11.5 Å². The highest BCUT2D eigenvalue weighted by Crippen LogP contribution is 2.47. The van der Waals surface area contributed by atoms with Gasteiger partial charge in [-0.25, -0.2) is 0 Å². The van der Waals surface area contributed by atoms with E-state index in [-0.39, 0.29) is 0 Å². The lowest BCUT2D eigenvalue weighted by molar-refractivity contribution is 0.124. The predicted molar refractivity (Wildman–Crippen MR) is 91.6 cm³/mol. The normalized spacial score (nSPS) is 13.0. The van der Waals surface area contributed by atoms with Crippen LogP contribution in [0.4, 0.5) is 5.69 Å². The maximum atomic E-state index is 6.03. The summed E-state index contributed by atoms with van der Waals surface area (Å²) >= 11 is 0. The fourth-order valence-corrected chi connectivity index (χ4v) is 3.10. The Bertz CT molecular complexity index is 963. The molecule has 0 aromatic heterocycles. The first-order valence-corrected chi connectivity index (χ1v) is 7.56. The molecule has 4 aromatic carbocycles. The summed E-state index contributed by atoms with van der Waals surface area (Å²) in [5.41, 5.74) is 0.858. The van der Waals surface area contributed by atoms with Gasteiger partial charge in [-0.2, -0.15) is 0 Å². The highest BCUT2D eigenvalue weighted by atomic mass is 17.0. The first kappa shape index (κ1) is 12.4. The number of benzene rings is 4. The van der Waals surface area contributed by atoms with Crippen LogP contribution >= 0.6 is 0 Å². The molecule has 110 valence electrons. The Morgan fingerprint density at radius 1 is 0.478 bits per heavy atom. The molecule has 3 heteroatoms. The Morgan fingerprint density at radius 3 is 1.43 bits per heavy atom. The van der Waals surface area contributed by atoms with Crippen LogP contribution in [0, 0.1) is 0 Å². The van der Waals surface area contributed by atoms with Crippen LogP contribution < -0.4 is 14.9 Å². The largest absolute Gasteiger partial charge is 0.340 e. The number of fused-ring (bicyclic) bond motifs is 6. The molecule has 5 rings (SSSR count). The summed E-state index contributed by atoms with van der Waals surface area (Å²) in [6, 6.07) is 26.3. The average Bonchev–Trinajstić information content (AvgIpc) is 3.09. The molecule has 0 unspecified atom stereocenters. The molecule has 0 amide bonds. The highest BCUT2D eigenvalue weighted by Gasteiger charge is 2.28. The van der Waals surface area contributed by atoms with Crippen molar-refractivity contribution in [1.82, 2.24) is 0 Å². The fraction of sp³-hybridized carbons (Fsp3) is 0. The van der Waals surface area contributed by atoms with Gasteiger partial charge in [-0.05, 0) is 28.1 Å². The highest BCUT2D eigenvalue weighted by molar-refractivity contribution is 6.14. The second kappa shape index (κ2) is 4.65. The summed E-state index contributed by atoms with van der Waals surface area (Å²) in [6.07, 6.45) is 0. The zero-order chi connectivity index (χ0) is 15.2. The van der Waals surface area contributed by atoms with Crippen LogP contribution in [0.1, 0.15) is 0 Å². The Hall–Kier alpha value is -3.20. The van der Waals surface area contributed by atoms with E-state index in [9.17, 15) is 0 Å². The second-order valence-corrected chi connectivity index (χ2v) is 5.52. The zero-order valence-corrected chi connectivity index (χ0v) is 12.3. The van der Waals surface area contributed by atoms with Crippen LogP contribution in [-0.4, -0.2) is 0 Å². The Kier molecular flexibility index (Phi) is 2.50. The third kappa shape index (κ3) is 1.77. The summed E-state index contributed by atoms with van der Waals surface area (Å²) in [5, 5.41) is 5.92. The fourth-order valence-electron chi connectivity index (χ4n) is 3.10. The quantitative estimate of drug-likeness (QED) is 0.456. The zero-order valence-electron chi connectivity index (χ0n) is 12.3. The third-order valence-corrected chi connectivity index (χ3v) is 4.16. The minimum Gasteiger partial charge on any atom is -0.340 e. The topological polar surface area (TPSA) is 21.7 Å². The maximum Gasteiger partial charge on any atom is 0.213 e. The van der Waals surface area contributed by atoms with Gasteiger partial charge in [0.2, 0.25) is 11.5 Å². The molecule has 1 aliphatic rings. The van der Waals surface area contributed by atoms with Crippen LogP contribution in [0.25, 0.3) is 21.5 Å². The van der Waals surface area contributed by atoms with Gasteiger partial charge in [-0.15, -0.1) is 0 Å². The molecule has 0 atom stereocenters. The molecule has 0 radical (unpaired) electrons. The maximum absolute atomic E-state index is 6.03. The molecule has 3 nitrogen and oxygen atoms in total. The minimum absolute atomic E-state index is 0.767. The number of hydrogen-bond acceptors (Lipinski definition) is 3. The average molecular weight is 299 g/mol. The molecule has 0 bridgehead atoms. The van der Waals surface area contributed by atoms with E-state index in [2.05, 4.69) is 24.3 Å². The molecule has 4 aromatic rings. The van der Waals surface area contributed by atoms with Crippen LogP contribution in [0.2, 0.25) is 0 Å². The van der Waals surface area contributed by atoms with Gasteiger partial charge in [0.25, 0.3) is 0 Å². The van der Waals surface area contributed by atoms with E-state index in [1.807, 2.05) is 54.6 Å². The van der Waals surface area contributed by atoms with Crippen molar-refractivity contribution in [2.24, 2.45) is 0 Å². The van der Waals surface area contributed by atoms with Crippen molar-refractivity contribution in [2.45, 2.75) is 0 Å². The smallest absolute Gasteiger partial charge is 0.213 e. The molecule has 0 saturated heterocycles. The lowest BCUT2D eigenvalue weighted by Gasteiger charge is -2.13. The van der Waals surface area contributed by atoms with Gasteiger partial charge in [0, 0.05) is 10.8 Å². The van der Waals surface area contributed by atoms with Crippen LogP contribution in [0.5, 0.6) is 11.5 Å². The van der Waals surface area contributed by atoms with Crippen molar-refractivity contribution in [2.75, 3.05) is 5.23 Å². The van der Waals surface area contributed by atoms with Gasteiger partial charge in [0.05, 0.1) is 0 Å². The van der Waals surface area contributed by atoms with Crippen molar-refractivity contribution in [3.05, 3.63) is 78.9 Å². The van der Waals surface area contributed by atoms with Crippen molar-refractivity contribution in [3.63, 3.8) is 0 Å². The van der Waals surface area contributed by atoms with Gasteiger partial charge >= 0.3 is 0 Å². The second-order valence-electron chi connectivity index (χ2n) is 5.52. The van der Waals surface area contributed by atoms with Gasteiger partial charge < -0.3 is 9.68 Å². The number of para-hydroxylation sites is 1. The first-order valence-electron chi connectivity index (χ1n) is 7.56. The molecule has 23 heavy (non-hydrogen) atoms. The SMILES string of the molecule is c1ccc(N2Oc3c(c4ccccc4c4ccccc34)O2)cc1. The van der Waals surface area contributed by atoms with E-state index >= 15 is 0 Å². The lowest BCUT2D eigenvalue weighted by Crippen LogP contribution is -2.25. The molecular weight excluding hydrogens is 286 g/mol. The van der Waals surface area contributed by atoms with Crippen molar-refractivity contribution < 1.29 is 9.68 Å². The molecule has 0 fully saturated rings. The van der Waals surface area contributed by atoms with Gasteiger partial charge in [-0.1, -0.05) is 66.7 Å². The standard InChI is InChI=1S/C20H13NO2/c1-2-8-14(9-3-1)21-22-19-17-12-6-4-10-15(17)16-11-5-7-13-18(16)20(19)23-21/h1-13H. The Balaban J connectivity index is 1.79. The Morgan fingerprint density at radius 2 is 0.913 bits per heavy atom. The van der Waals surface area contributed by atoms with Crippen molar-refractivity contribution in [1.29, 1.82) is 0 Å².